The minimum absolute atomic E-state index is 0.0612. The molecule has 1 aromatic carbocycles. The molecule has 0 radical (unpaired) electrons. The molecule has 1 atom stereocenters. The third-order valence-corrected chi connectivity index (χ3v) is 6.30. The molecule has 3 aromatic rings. The van der Waals surface area contributed by atoms with Crippen molar-refractivity contribution in [3.8, 4) is 0 Å². The molecule has 1 N–H and O–H groups in total. The Kier molecular flexibility index (Phi) is 5.08. The summed E-state index contributed by atoms with van der Waals surface area (Å²) in [6, 6.07) is 10.4. The van der Waals surface area contributed by atoms with Gasteiger partial charge in [0.25, 0.3) is 0 Å². The standard InChI is InChI=1S/C23H29N5O2/c1-16-11-17(2)28(25-16)13-18-12-26(9-10-30-18)15-23(29)27-8-7-22-20(14-27)19-5-3-4-6-21(19)24-22/h3-6,11,18,24H,7-10,12-15H2,1-2H3. The highest BCUT2D eigenvalue weighted by molar-refractivity contribution is 5.86. The molecule has 30 heavy (non-hydrogen) atoms. The topological polar surface area (TPSA) is 66.4 Å². The molecule has 2 aliphatic heterocycles. The summed E-state index contributed by atoms with van der Waals surface area (Å²) in [6.45, 7) is 8.94. The van der Waals surface area contributed by atoms with Crippen molar-refractivity contribution in [2.24, 2.45) is 0 Å². The van der Waals surface area contributed by atoms with E-state index in [1.165, 1.54) is 16.6 Å². The summed E-state index contributed by atoms with van der Waals surface area (Å²) in [5.41, 5.74) is 5.88. The number of nitrogens with one attached hydrogen (secondary N) is 1. The van der Waals surface area contributed by atoms with E-state index < -0.39 is 0 Å². The molecule has 1 amide bonds. The molecule has 1 fully saturated rings. The fourth-order valence-electron chi connectivity index (χ4n) is 4.76. The number of carbonyl (C=O) groups excluding carboxylic acids is 1. The number of fused-ring (bicyclic) bond motifs is 3. The average molecular weight is 408 g/mol. The predicted molar refractivity (Wildman–Crippen MR) is 115 cm³/mol. The van der Waals surface area contributed by atoms with Gasteiger partial charge in [0, 0.05) is 60.5 Å². The maximum absolute atomic E-state index is 13.1. The van der Waals surface area contributed by atoms with Crippen LogP contribution in [0.3, 0.4) is 0 Å². The van der Waals surface area contributed by atoms with Crippen molar-refractivity contribution in [1.82, 2.24) is 24.6 Å². The van der Waals surface area contributed by atoms with Gasteiger partial charge >= 0.3 is 0 Å². The monoisotopic (exact) mass is 407 g/mol. The Labute approximate surface area is 176 Å². The molecule has 7 nitrogen and oxygen atoms in total. The summed E-state index contributed by atoms with van der Waals surface area (Å²) in [7, 11) is 0. The second-order valence-corrected chi connectivity index (χ2v) is 8.53. The lowest BCUT2D eigenvalue weighted by molar-refractivity contribution is -0.135. The first-order valence-electron chi connectivity index (χ1n) is 10.8. The maximum atomic E-state index is 13.1. The first-order chi connectivity index (χ1) is 14.6. The van der Waals surface area contributed by atoms with Crippen molar-refractivity contribution >= 4 is 16.8 Å². The van der Waals surface area contributed by atoms with E-state index >= 15 is 0 Å². The molecule has 1 saturated heterocycles. The highest BCUT2D eigenvalue weighted by Crippen LogP contribution is 2.27. The third-order valence-electron chi connectivity index (χ3n) is 6.30. The number of hydrogen-bond acceptors (Lipinski definition) is 4. The van der Waals surface area contributed by atoms with Crippen LogP contribution in [0.4, 0.5) is 0 Å². The lowest BCUT2D eigenvalue weighted by Gasteiger charge is -2.35. The van der Waals surface area contributed by atoms with Crippen LogP contribution in [-0.2, 0) is 29.0 Å². The molecule has 2 aliphatic rings. The summed E-state index contributed by atoms with van der Waals surface area (Å²) in [6.07, 6.45) is 0.950. The van der Waals surface area contributed by atoms with E-state index in [1.807, 2.05) is 22.6 Å². The van der Waals surface area contributed by atoms with E-state index in [0.29, 0.717) is 19.7 Å². The normalized spacial score (nSPS) is 19.9. The predicted octanol–water partition coefficient (Wildman–Crippen LogP) is 2.27. The van der Waals surface area contributed by atoms with Gasteiger partial charge in [-0.2, -0.15) is 5.10 Å². The van der Waals surface area contributed by atoms with E-state index in [-0.39, 0.29) is 12.0 Å². The zero-order chi connectivity index (χ0) is 20.7. The zero-order valence-electron chi connectivity index (χ0n) is 17.7. The van der Waals surface area contributed by atoms with Gasteiger partial charge in [-0.3, -0.25) is 14.4 Å². The van der Waals surface area contributed by atoms with Crippen LogP contribution in [0.2, 0.25) is 0 Å². The van der Waals surface area contributed by atoms with Gasteiger partial charge in [0.2, 0.25) is 5.91 Å². The second-order valence-electron chi connectivity index (χ2n) is 8.53. The number of amides is 1. The van der Waals surface area contributed by atoms with Crippen LogP contribution in [0.1, 0.15) is 22.6 Å². The minimum Gasteiger partial charge on any atom is -0.374 e. The Morgan fingerprint density at radius 2 is 2.13 bits per heavy atom. The first kappa shape index (κ1) is 19.3. The molecule has 5 rings (SSSR count). The summed E-state index contributed by atoms with van der Waals surface area (Å²) in [5, 5.41) is 5.78. The van der Waals surface area contributed by atoms with Crippen molar-refractivity contribution in [3.63, 3.8) is 0 Å². The van der Waals surface area contributed by atoms with Crippen molar-refractivity contribution in [3.05, 3.63) is 53.0 Å². The van der Waals surface area contributed by atoms with Gasteiger partial charge in [-0.05, 0) is 26.0 Å². The smallest absolute Gasteiger partial charge is 0.237 e. The number of rotatable bonds is 4. The SMILES string of the molecule is Cc1cc(C)n(CC2CN(CC(=O)N3CCc4[nH]c5ccccc5c4C3)CCO2)n1. The molecule has 158 valence electrons. The number of hydrogen-bond donors (Lipinski definition) is 1. The van der Waals surface area contributed by atoms with Gasteiger partial charge < -0.3 is 14.6 Å². The molecule has 0 saturated carbocycles. The van der Waals surface area contributed by atoms with E-state index in [0.717, 1.165) is 49.5 Å². The Hall–Kier alpha value is -2.64. The highest BCUT2D eigenvalue weighted by Gasteiger charge is 2.28. The summed E-state index contributed by atoms with van der Waals surface area (Å²) < 4.78 is 7.96. The van der Waals surface area contributed by atoms with Crippen LogP contribution in [-0.4, -0.2) is 69.4 Å². The van der Waals surface area contributed by atoms with E-state index in [4.69, 9.17) is 4.74 Å². The molecule has 0 spiro atoms. The molecule has 0 aliphatic carbocycles. The van der Waals surface area contributed by atoms with Crippen LogP contribution < -0.4 is 0 Å². The van der Waals surface area contributed by atoms with E-state index in [2.05, 4.69) is 46.2 Å². The van der Waals surface area contributed by atoms with Crippen molar-refractivity contribution in [2.75, 3.05) is 32.8 Å². The summed E-state index contributed by atoms with van der Waals surface area (Å²) in [4.78, 5) is 20.8. The average Bonchev–Trinajstić information content (AvgIpc) is 3.26. The number of ether oxygens (including phenoxy) is 1. The molecule has 1 unspecified atom stereocenters. The second kappa shape index (κ2) is 7.89. The van der Waals surface area contributed by atoms with Crippen LogP contribution in [0, 0.1) is 13.8 Å². The largest absolute Gasteiger partial charge is 0.374 e. The number of morpholine rings is 1. The molecule has 0 bridgehead atoms. The van der Waals surface area contributed by atoms with E-state index in [9.17, 15) is 4.79 Å². The zero-order valence-corrected chi connectivity index (χ0v) is 17.7. The Balaban J connectivity index is 1.21. The number of H-pyrrole nitrogens is 1. The minimum atomic E-state index is 0.0612. The van der Waals surface area contributed by atoms with Crippen molar-refractivity contribution in [1.29, 1.82) is 0 Å². The maximum Gasteiger partial charge on any atom is 0.237 e. The number of nitrogens with zero attached hydrogens (tertiary/aromatic N) is 4. The number of aromatic nitrogens is 3. The van der Waals surface area contributed by atoms with Crippen LogP contribution in [0.5, 0.6) is 0 Å². The highest BCUT2D eigenvalue weighted by atomic mass is 16.5. The molecular weight excluding hydrogens is 378 g/mol. The Morgan fingerprint density at radius 1 is 1.27 bits per heavy atom. The molecule has 4 heterocycles. The number of benzene rings is 1. The van der Waals surface area contributed by atoms with Crippen molar-refractivity contribution in [2.45, 2.75) is 39.5 Å². The van der Waals surface area contributed by atoms with Crippen LogP contribution in [0.15, 0.2) is 30.3 Å². The molecular formula is C23H29N5O2. The molecule has 2 aromatic heterocycles. The summed E-state index contributed by atoms with van der Waals surface area (Å²) >= 11 is 0. The first-order valence-corrected chi connectivity index (χ1v) is 10.8. The fraction of sp³-hybridized carbons (Fsp3) is 0.478. The van der Waals surface area contributed by atoms with Crippen molar-refractivity contribution < 1.29 is 9.53 Å². The van der Waals surface area contributed by atoms with Gasteiger partial charge in [0.1, 0.15) is 0 Å². The summed E-state index contributed by atoms with van der Waals surface area (Å²) in [5.74, 6) is 0.206. The lowest BCUT2D eigenvalue weighted by atomic mass is 10.0. The van der Waals surface area contributed by atoms with Crippen LogP contribution in [0.25, 0.3) is 10.9 Å². The van der Waals surface area contributed by atoms with Gasteiger partial charge in [-0.15, -0.1) is 0 Å². The number of aromatic amines is 1. The fourth-order valence-corrected chi connectivity index (χ4v) is 4.76. The number of aryl methyl sites for hydroxylation is 2. The lowest BCUT2D eigenvalue weighted by Crippen LogP contribution is -2.49. The van der Waals surface area contributed by atoms with Gasteiger partial charge in [-0.1, -0.05) is 18.2 Å². The van der Waals surface area contributed by atoms with Gasteiger partial charge in [0.15, 0.2) is 0 Å². The Morgan fingerprint density at radius 3 is 2.97 bits per heavy atom. The number of carbonyl (C=O) groups is 1. The van der Waals surface area contributed by atoms with Crippen LogP contribution >= 0.6 is 0 Å². The third kappa shape index (κ3) is 3.75. The van der Waals surface area contributed by atoms with E-state index in [1.54, 1.807) is 0 Å². The number of para-hydroxylation sites is 1. The van der Waals surface area contributed by atoms with Gasteiger partial charge in [-0.25, -0.2) is 0 Å². The van der Waals surface area contributed by atoms with Gasteiger partial charge in [0.05, 0.1) is 31.5 Å². The Bertz CT molecular complexity index is 1070. The quantitative estimate of drug-likeness (QED) is 0.721. The molecule has 7 heteroatoms.